The van der Waals surface area contributed by atoms with Crippen molar-refractivity contribution < 1.29 is 31.5 Å². The van der Waals surface area contributed by atoms with Crippen LogP contribution in [0.1, 0.15) is 18.1 Å². The lowest BCUT2D eigenvalue weighted by atomic mass is 10.1. The Hall–Kier alpha value is -4.23. The molecule has 0 unspecified atom stereocenters. The lowest BCUT2D eigenvalue weighted by Gasteiger charge is -2.15. The molecule has 0 saturated heterocycles. The monoisotopic (exact) mass is 482 g/mol. The molecule has 0 N–H and O–H groups in total. The predicted octanol–water partition coefficient (Wildman–Crippen LogP) is 4.88. The summed E-state index contributed by atoms with van der Waals surface area (Å²) in [5, 5.41) is 9.30. The number of nitriles is 1. The van der Waals surface area contributed by atoms with E-state index >= 15 is 4.39 Å². The maximum absolute atomic E-state index is 15.3. The molecular formula is C24H16F2N2O5S. The van der Waals surface area contributed by atoms with Gasteiger partial charge in [-0.25, -0.2) is 21.2 Å². The SMILES string of the molecule is CC(=O)OCc1c(Oc2ccc(F)c(C#N)c2)c(F)cc2c1ccn2S(=O)(=O)c1ccccc1. The Bertz CT molecular complexity index is 1560. The van der Waals surface area contributed by atoms with Gasteiger partial charge in [0, 0.05) is 36.2 Å². The number of fused-ring (bicyclic) bond motifs is 1. The van der Waals surface area contributed by atoms with Crippen molar-refractivity contribution in [2.45, 2.75) is 18.4 Å². The van der Waals surface area contributed by atoms with Gasteiger partial charge in [0.05, 0.1) is 16.0 Å². The third-order valence-corrected chi connectivity index (χ3v) is 6.67. The first-order valence-corrected chi connectivity index (χ1v) is 11.3. The van der Waals surface area contributed by atoms with Gasteiger partial charge in [0.2, 0.25) is 0 Å². The van der Waals surface area contributed by atoms with Gasteiger partial charge >= 0.3 is 5.97 Å². The number of hydrogen-bond acceptors (Lipinski definition) is 6. The van der Waals surface area contributed by atoms with Crippen LogP contribution in [0.25, 0.3) is 10.9 Å². The summed E-state index contributed by atoms with van der Waals surface area (Å²) in [6.45, 7) is 0.752. The second-order valence-corrected chi connectivity index (χ2v) is 8.98. The van der Waals surface area contributed by atoms with Gasteiger partial charge in [-0.3, -0.25) is 4.79 Å². The van der Waals surface area contributed by atoms with E-state index in [4.69, 9.17) is 14.7 Å². The van der Waals surface area contributed by atoms with Crippen molar-refractivity contribution in [2.24, 2.45) is 0 Å². The van der Waals surface area contributed by atoms with Crippen molar-refractivity contribution in [1.29, 1.82) is 5.26 Å². The summed E-state index contributed by atoms with van der Waals surface area (Å²) in [5.41, 5.74) is -0.233. The fourth-order valence-electron chi connectivity index (χ4n) is 3.39. The molecule has 172 valence electrons. The molecule has 0 aliphatic carbocycles. The Balaban J connectivity index is 1.89. The minimum absolute atomic E-state index is 0.00474. The molecule has 0 amide bonds. The number of esters is 1. The maximum atomic E-state index is 15.3. The molecule has 0 saturated carbocycles. The predicted molar refractivity (Wildman–Crippen MR) is 118 cm³/mol. The molecule has 34 heavy (non-hydrogen) atoms. The van der Waals surface area contributed by atoms with Gasteiger partial charge in [0.25, 0.3) is 10.0 Å². The van der Waals surface area contributed by atoms with Crippen LogP contribution in [0.2, 0.25) is 0 Å². The summed E-state index contributed by atoms with van der Waals surface area (Å²) in [5.74, 6) is -2.74. The second kappa shape index (κ2) is 8.96. The number of carbonyl (C=O) groups is 1. The Kier molecular flexibility index (Phi) is 6.04. The van der Waals surface area contributed by atoms with Crippen LogP contribution < -0.4 is 4.74 Å². The van der Waals surface area contributed by atoms with Crippen LogP contribution in [0.15, 0.2) is 71.8 Å². The Morgan fingerprint density at radius 3 is 2.47 bits per heavy atom. The average Bonchev–Trinajstić information content (AvgIpc) is 3.24. The number of benzene rings is 3. The molecule has 0 fully saturated rings. The minimum Gasteiger partial charge on any atom is -0.461 e. The number of hydrogen-bond donors (Lipinski definition) is 0. The van der Waals surface area contributed by atoms with E-state index in [2.05, 4.69) is 0 Å². The number of halogens is 2. The molecule has 0 radical (unpaired) electrons. The quantitative estimate of drug-likeness (QED) is 0.363. The van der Waals surface area contributed by atoms with Crippen molar-refractivity contribution in [3.05, 3.63) is 89.6 Å². The van der Waals surface area contributed by atoms with Crippen LogP contribution in [0, 0.1) is 23.0 Å². The minimum atomic E-state index is -4.05. The van der Waals surface area contributed by atoms with Crippen LogP contribution >= 0.6 is 0 Å². The third kappa shape index (κ3) is 4.21. The van der Waals surface area contributed by atoms with Crippen molar-refractivity contribution >= 4 is 26.9 Å². The molecule has 4 rings (SSSR count). The van der Waals surface area contributed by atoms with Crippen molar-refractivity contribution in [3.63, 3.8) is 0 Å². The van der Waals surface area contributed by atoms with E-state index in [0.717, 1.165) is 22.2 Å². The van der Waals surface area contributed by atoms with Crippen LogP contribution in [0.3, 0.4) is 0 Å². The molecule has 1 heterocycles. The van der Waals surface area contributed by atoms with Gasteiger partial charge in [-0.1, -0.05) is 18.2 Å². The molecule has 0 atom stereocenters. The first-order chi connectivity index (χ1) is 16.2. The largest absolute Gasteiger partial charge is 0.461 e. The molecule has 10 heteroatoms. The van der Waals surface area contributed by atoms with Gasteiger partial charge < -0.3 is 9.47 Å². The summed E-state index contributed by atoms with van der Waals surface area (Å²) in [7, 11) is -4.05. The van der Waals surface area contributed by atoms with E-state index in [1.165, 1.54) is 37.4 Å². The summed E-state index contributed by atoms with van der Waals surface area (Å²) in [4.78, 5) is 11.4. The fraction of sp³-hybridized carbons (Fsp3) is 0.0833. The lowest BCUT2D eigenvalue weighted by Crippen LogP contribution is -2.12. The standard InChI is InChI=1S/C24H16F2N2O5S/c1-15(29)32-14-20-19-9-10-28(34(30,31)18-5-3-2-4-6-18)23(19)12-22(26)24(20)33-17-7-8-21(25)16(11-17)13-27/h2-12H,14H2,1H3. The van der Waals surface area contributed by atoms with Gasteiger partial charge in [-0.15, -0.1) is 0 Å². The smallest absolute Gasteiger partial charge is 0.302 e. The average molecular weight is 482 g/mol. The van der Waals surface area contributed by atoms with Crippen LogP contribution in [-0.4, -0.2) is 18.4 Å². The highest BCUT2D eigenvalue weighted by Crippen LogP contribution is 2.37. The van der Waals surface area contributed by atoms with E-state index in [1.54, 1.807) is 24.3 Å². The van der Waals surface area contributed by atoms with Crippen molar-refractivity contribution in [2.75, 3.05) is 0 Å². The van der Waals surface area contributed by atoms with Crippen LogP contribution in [0.5, 0.6) is 11.5 Å². The summed E-state index contributed by atoms with van der Waals surface area (Å²) < 4.78 is 66.8. The first-order valence-electron chi connectivity index (χ1n) is 9.86. The Morgan fingerprint density at radius 2 is 1.79 bits per heavy atom. The third-order valence-electron chi connectivity index (χ3n) is 4.97. The molecule has 4 aromatic rings. The van der Waals surface area contributed by atoms with E-state index < -0.39 is 34.2 Å². The number of aromatic nitrogens is 1. The molecule has 0 bridgehead atoms. The van der Waals surface area contributed by atoms with E-state index in [1.807, 2.05) is 0 Å². The Labute approximate surface area is 193 Å². The normalized spacial score (nSPS) is 11.2. The fourth-order valence-corrected chi connectivity index (χ4v) is 4.75. The van der Waals surface area contributed by atoms with E-state index in [9.17, 15) is 17.6 Å². The molecule has 1 aromatic heterocycles. The summed E-state index contributed by atoms with van der Waals surface area (Å²) in [6.07, 6.45) is 1.26. The maximum Gasteiger partial charge on any atom is 0.302 e. The van der Waals surface area contributed by atoms with Crippen LogP contribution in [-0.2, 0) is 26.2 Å². The number of ether oxygens (including phenoxy) is 2. The first kappa shape index (κ1) is 22.9. The van der Waals surface area contributed by atoms with E-state index in [0.29, 0.717) is 0 Å². The Morgan fingerprint density at radius 1 is 1.06 bits per heavy atom. The highest BCUT2D eigenvalue weighted by molar-refractivity contribution is 7.90. The zero-order valence-corrected chi connectivity index (χ0v) is 18.5. The van der Waals surface area contributed by atoms with Crippen LogP contribution in [0.4, 0.5) is 8.78 Å². The molecular weight excluding hydrogens is 466 g/mol. The number of carbonyl (C=O) groups excluding carboxylic acids is 1. The van der Waals surface area contributed by atoms with Crippen molar-refractivity contribution in [1.82, 2.24) is 3.97 Å². The lowest BCUT2D eigenvalue weighted by molar-refractivity contribution is -0.142. The van der Waals surface area contributed by atoms with Gasteiger partial charge in [-0.2, -0.15) is 5.26 Å². The van der Waals surface area contributed by atoms with Gasteiger partial charge in [0.1, 0.15) is 24.2 Å². The zero-order chi connectivity index (χ0) is 24.5. The molecule has 3 aromatic carbocycles. The zero-order valence-electron chi connectivity index (χ0n) is 17.7. The summed E-state index contributed by atoms with van der Waals surface area (Å²) in [6, 6.07) is 15.0. The molecule has 7 nitrogen and oxygen atoms in total. The van der Waals surface area contributed by atoms with Gasteiger partial charge in [-0.05, 0) is 30.3 Å². The molecule has 0 aliphatic heterocycles. The number of rotatable bonds is 6. The molecule has 0 aliphatic rings. The summed E-state index contributed by atoms with van der Waals surface area (Å²) >= 11 is 0. The number of nitrogens with zero attached hydrogens (tertiary/aromatic N) is 2. The highest BCUT2D eigenvalue weighted by atomic mass is 32.2. The van der Waals surface area contributed by atoms with Gasteiger partial charge in [0.15, 0.2) is 11.6 Å². The van der Waals surface area contributed by atoms with E-state index in [-0.39, 0.29) is 38.4 Å². The highest BCUT2D eigenvalue weighted by Gasteiger charge is 2.24. The second-order valence-electron chi connectivity index (χ2n) is 7.16. The van der Waals surface area contributed by atoms with Crippen molar-refractivity contribution in [3.8, 4) is 17.6 Å². The molecule has 0 spiro atoms. The topological polar surface area (TPSA) is 98.4 Å².